The van der Waals surface area contributed by atoms with Gasteiger partial charge in [-0.1, -0.05) is 0 Å². The van der Waals surface area contributed by atoms with Gasteiger partial charge >= 0.3 is 39.3 Å². The number of carbonyl (C=O) groups is 7. The topological polar surface area (TPSA) is 286 Å². The molecule has 0 bridgehead atoms. The Morgan fingerprint density at radius 3 is 0.966 bits per heavy atom. The third-order valence-corrected chi connectivity index (χ3v) is 12.6. The number of hydrogen-bond donors (Lipinski definition) is 2. The van der Waals surface area contributed by atoms with Crippen molar-refractivity contribution < 1.29 is 70.7 Å². The molecule has 6 amide bonds. The van der Waals surface area contributed by atoms with Crippen LogP contribution < -0.4 is 10.6 Å². The third kappa shape index (κ3) is 22.9. The number of unbranched alkanes of at least 4 members (excludes halogenated alkanes) is 1. The van der Waals surface area contributed by atoms with Crippen LogP contribution in [0.4, 0.5) is 33.6 Å². The van der Waals surface area contributed by atoms with Gasteiger partial charge in [-0.15, -0.1) is 0 Å². The molecule has 0 saturated carbocycles. The maximum atomic E-state index is 12.7. The Labute approximate surface area is 353 Å². The van der Waals surface area contributed by atoms with E-state index in [1.807, 2.05) is 0 Å². The average Bonchev–Trinajstić information content (AvgIpc) is 3.20. The lowest BCUT2D eigenvalue weighted by molar-refractivity contribution is 0.0639. The first-order valence-corrected chi connectivity index (χ1v) is 24.2. The van der Waals surface area contributed by atoms with E-state index < -0.39 is 84.0 Å². The minimum atomic E-state index is -2.01. The summed E-state index contributed by atoms with van der Waals surface area (Å²) in [6.45, 7) is 11.7. The van der Waals surface area contributed by atoms with E-state index in [-0.39, 0.29) is 88.7 Å². The molecule has 0 fully saturated rings. The maximum Gasteiger partial charge on any atom is 0.508 e. The van der Waals surface area contributed by atoms with E-state index in [9.17, 15) is 51.8 Å². The van der Waals surface area contributed by atoms with Crippen LogP contribution in [0.3, 0.4) is 0 Å². The first-order valence-electron chi connectivity index (χ1n) is 18.9. The van der Waals surface area contributed by atoms with Crippen LogP contribution in [0.25, 0.3) is 0 Å². The Bertz CT molecular complexity index is 1260. The molecule has 0 aromatic rings. The fourth-order valence-corrected chi connectivity index (χ4v) is 8.29. The number of alkyl carbamates (subject to hydrolysis) is 2. The van der Waals surface area contributed by atoms with Crippen molar-refractivity contribution in [3.63, 3.8) is 0 Å². The summed E-state index contributed by atoms with van der Waals surface area (Å²) in [6, 6.07) is 0. The van der Waals surface area contributed by atoms with Crippen molar-refractivity contribution in [2.75, 3.05) is 115 Å². The second-order valence-corrected chi connectivity index (χ2v) is 17.3. The molecule has 4 unspecified atom stereocenters. The van der Waals surface area contributed by atoms with Crippen molar-refractivity contribution in [1.82, 2.24) is 30.2 Å². The molecule has 336 valence electrons. The zero-order chi connectivity index (χ0) is 44.0. The minimum Gasteiger partial charge on any atom is -0.608 e. The fraction of sp³-hybridized carbons (Fsp3) is 0.788. The lowest BCUT2D eigenvalue weighted by Crippen LogP contribution is -2.40. The molecule has 0 rings (SSSR count). The highest BCUT2D eigenvalue weighted by Crippen LogP contribution is 2.09. The van der Waals surface area contributed by atoms with Crippen molar-refractivity contribution in [1.29, 1.82) is 0 Å². The van der Waals surface area contributed by atoms with Crippen LogP contribution in [0.1, 0.15) is 54.4 Å². The number of amides is 6. The average molecular weight is 909 g/mol. The lowest BCUT2D eigenvalue weighted by atomic mass is 10.3. The van der Waals surface area contributed by atoms with Crippen LogP contribution >= 0.6 is 0 Å². The fourth-order valence-electron chi connectivity index (χ4n) is 4.55. The molecule has 0 aliphatic rings. The third-order valence-electron chi connectivity index (χ3n) is 7.85. The van der Waals surface area contributed by atoms with Crippen molar-refractivity contribution in [2.45, 2.75) is 54.4 Å². The Kier molecular flexibility index (Phi) is 31.0. The molecular formula is C33H60N6O15S4. The van der Waals surface area contributed by atoms with Crippen LogP contribution in [0, 0.1) is 0 Å². The molecule has 0 heterocycles. The molecule has 0 aromatic heterocycles. The highest BCUT2D eigenvalue weighted by atomic mass is 32.2. The van der Waals surface area contributed by atoms with Crippen LogP contribution in [0.2, 0.25) is 0 Å². The van der Waals surface area contributed by atoms with E-state index in [0.717, 1.165) is 0 Å². The number of ether oxygens (including phenoxy) is 4. The van der Waals surface area contributed by atoms with Gasteiger partial charge in [-0.05, 0) is 54.4 Å². The Hall–Kier alpha value is -3.07. The second-order valence-electron chi connectivity index (χ2n) is 11.5. The summed E-state index contributed by atoms with van der Waals surface area (Å²) in [4.78, 5) is 90.5. The van der Waals surface area contributed by atoms with Gasteiger partial charge < -0.3 is 47.8 Å². The molecular weight excluding hydrogens is 849 g/mol. The highest BCUT2D eigenvalue weighted by Gasteiger charge is 2.29. The summed E-state index contributed by atoms with van der Waals surface area (Å²) in [5.41, 5.74) is 0. The van der Waals surface area contributed by atoms with E-state index in [1.54, 1.807) is 41.5 Å². The van der Waals surface area contributed by atoms with E-state index in [4.69, 9.17) is 18.9 Å². The van der Waals surface area contributed by atoms with E-state index >= 15 is 0 Å². The van der Waals surface area contributed by atoms with Crippen LogP contribution in [-0.4, -0.2) is 192 Å². The minimum absolute atomic E-state index is 0.0310. The summed E-state index contributed by atoms with van der Waals surface area (Å²) in [7, 11) is 0. The normalized spacial score (nSPS) is 12.9. The van der Waals surface area contributed by atoms with Gasteiger partial charge in [0.25, 0.3) is 0 Å². The highest BCUT2D eigenvalue weighted by molar-refractivity contribution is 8.06. The van der Waals surface area contributed by atoms with E-state index in [1.165, 1.54) is 19.6 Å². The molecule has 2 N–H and O–H groups in total. The SMILES string of the molecule is CCN(CC)C(=O)[S+]([O-])CCOC(=O)NCCNC(=O)OCC[S+]([O-])C(=O)N(CC)CCCCN(CC)C(=O)[S+]([O-])CCOC(=O)OCC[S+]([O-])C(=O)N(CC)CC. The molecule has 4 atom stereocenters. The second kappa shape index (κ2) is 32.7. The van der Waals surface area contributed by atoms with E-state index in [0.29, 0.717) is 39.0 Å². The van der Waals surface area contributed by atoms with Gasteiger partial charge in [0, 0.05) is 65.4 Å². The van der Waals surface area contributed by atoms with Crippen LogP contribution in [-0.2, 0) is 63.7 Å². The Balaban J connectivity index is 4.33. The number of nitrogens with one attached hydrogen (secondary N) is 2. The molecule has 58 heavy (non-hydrogen) atoms. The van der Waals surface area contributed by atoms with Gasteiger partial charge in [0.1, 0.15) is 49.4 Å². The standard InChI is InChI=1S/C33H60N6O15S4/c1-7-36(8-2)29(42)55(47)23-19-51-27(40)34-15-16-35-28(41)52-20-24-57(49)31(44)38(11-5)17-13-14-18-39(12-6)32(45)58(50)26-22-54-33(46)53-21-25-56(48)30(43)37(9-3)10-4/h7-26H2,1-6H3,(H,34,40)(H,35,41). The summed E-state index contributed by atoms with van der Waals surface area (Å²) < 4.78 is 68.6. The number of rotatable bonds is 26. The maximum absolute atomic E-state index is 12.7. The van der Waals surface area contributed by atoms with Gasteiger partial charge in [-0.2, -0.15) is 0 Å². The van der Waals surface area contributed by atoms with Crippen LogP contribution in [0.5, 0.6) is 0 Å². The summed E-state index contributed by atoms with van der Waals surface area (Å²) >= 11 is -7.72. The first-order chi connectivity index (χ1) is 27.6. The van der Waals surface area contributed by atoms with Gasteiger partial charge in [0.2, 0.25) is 0 Å². The Morgan fingerprint density at radius 2 is 0.690 bits per heavy atom. The number of carbonyl (C=O) groups excluding carboxylic acids is 7. The molecule has 0 aromatic carbocycles. The zero-order valence-corrected chi connectivity index (χ0v) is 37.5. The van der Waals surface area contributed by atoms with Crippen molar-refractivity contribution >= 4 is 84.0 Å². The molecule has 0 spiro atoms. The largest absolute Gasteiger partial charge is 0.608 e. The summed E-state index contributed by atoms with van der Waals surface area (Å²) in [6.07, 6.45) is -1.94. The number of hydrogen-bond acceptors (Lipinski definition) is 15. The molecule has 21 nitrogen and oxygen atoms in total. The quantitative estimate of drug-likeness (QED) is 0.0544. The summed E-state index contributed by atoms with van der Waals surface area (Å²) in [5, 5.41) is 2.33. The first kappa shape index (κ1) is 54.9. The summed E-state index contributed by atoms with van der Waals surface area (Å²) in [5.74, 6) is -0.899. The van der Waals surface area contributed by atoms with Crippen molar-refractivity contribution in [2.24, 2.45) is 0 Å². The van der Waals surface area contributed by atoms with Gasteiger partial charge in [-0.3, -0.25) is 19.6 Å². The molecule has 0 aliphatic carbocycles. The molecule has 0 radical (unpaired) electrons. The predicted molar refractivity (Wildman–Crippen MR) is 219 cm³/mol. The predicted octanol–water partition coefficient (Wildman–Crippen LogP) is 2.17. The van der Waals surface area contributed by atoms with Crippen molar-refractivity contribution in [3.05, 3.63) is 0 Å². The molecule has 0 saturated heterocycles. The van der Waals surface area contributed by atoms with E-state index in [2.05, 4.69) is 10.6 Å². The number of nitrogens with zero attached hydrogens (tertiary/aromatic N) is 4. The molecule has 0 aliphatic heterocycles. The van der Waals surface area contributed by atoms with Gasteiger partial charge in [0.15, 0.2) is 0 Å². The Morgan fingerprint density at radius 1 is 0.431 bits per heavy atom. The zero-order valence-electron chi connectivity index (χ0n) is 34.2. The van der Waals surface area contributed by atoms with Gasteiger partial charge in [-0.25, -0.2) is 33.6 Å². The smallest absolute Gasteiger partial charge is 0.508 e. The molecule has 25 heteroatoms. The van der Waals surface area contributed by atoms with Crippen molar-refractivity contribution in [3.8, 4) is 0 Å². The lowest BCUT2D eigenvalue weighted by Gasteiger charge is -2.23. The monoisotopic (exact) mass is 908 g/mol. The van der Waals surface area contributed by atoms with Crippen LogP contribution in [0.15, 0.2) is 0 Å². The van der Waals surface area contributed by atoms with Gasteiger partial charge in [0.05, 0.1) is 44.7 Å².